The number of carbonyl (C=O) groups excluding carboxylic acids is 1. The maximum absolute atomic E-state index is 12.5. The zero-order valence-electron chi connectivity index (χ0n) is 14.2. The maximum Gasteiger partial charge on any atom is 0.411 e. The minimum atomic E-state index is -0.463. The highest BCUT2D eigenvalue weighted by molar-refractivity contribution is 5.76. The summed E-state index contributed by atoms with van der Waals surface area (Å²) >= 11 is 0. The third-order valence-electron chi connectivity index (χ3n) is 4.35. The van der Waals surface area contributed by atoms with E-state index in [1.165, 1.54) is 5.57 Å². The van der Waals surface area contributed by atoms with E-state index in [0.29, 0.717) is 0 Å². The van der Waals surface area contributed by atoms with Gasteiger partial charge in [-0.25, -0.2) is 4.79 Å². The van der Waals surface area contributed by atoms with E-state index >= 15 is 0 Å². The summed E-state index contributed by atoms with van der Waals surface area (Å²) in [5, 5.41) is 0. The quantitative estimate of drug-likeness (QED) is 0.836. The molecule has 2 aliphatic heterocycles. The van der Waals surface area contributed by atoms with Crippen LogP contribution in [-0.2, 0) is 4.74 Å². The number of hydrogen-bond donors (Lipinski definition) is 0. The zero-order valence-corrected chi connectivity index (χ0v) is 14.2. The van der Waals surface area contributed by atoms with Crippen molar-refractivity contribution in [3.63, 3.8) is 0 Å². The van der Waals surface area contributed by atoms with Crippen LogP contribution in [0.15, 0.2) is 24.5 Å². The fourth-order valence-electron chi connectivity index (χ4n) is 3.44. The summed E-state index contributed by atoms with van der Waals surface area (Å²) in [6, 6.07) is 2.29. The monoisotopic (exact) mass is 316 g/mol. The normalized spacial score (nSPS) is 23.5. The molecule has 1 aromatic heterocycles. The third-order valence-corrected chi connectivity index (χ3v) is 4.35. The second-order valence-corrected chi connectivity index (χ2v) is 7.16. The maximum atomic E-state index is 12.5. The van der Waals surface area contributed by atoms with E-state index in [1.54, 1.807) is 19.5 Å². The molecule has 0 spiro atoms. The molecular formula is C18H24N2O3. The highest BCUT2D eigenvalue weighted by Gasteiger charge is 2.41. The lowest BCUT2D eigenvalue weighted by atomic mass is 9.95. The van der Waals surface area contributed by atoms with Gasteiger partial charge in [-0.15, -0.1) is 0 Å². The molecule has 3 rings (SSSR count). The number of rotatable bonds is 2. The predicted molar refractivity (Wildman–Crippen MR) is 88.3 cm³/mol. The van der Waals surface area contributed by atoms with Crippen molar-refractivity contribution in [1.29, 1.82) is 0 Å². The van der Waals surface area contributed by atoms with Gasteiger partial charge in [-0.1, -0.05) is 6.08 Å². The Kier molecular flexibility index (Phi) is 4.04. The Morgan fingerprint density at radius 1 is 1.35 bits per heavy atom. The van der Waals surface area contributed by atoms with Gasteiger partial charge < -0.3 is 9.47 Å². The molecule has 0 aromatic carbocycles. The first-order chi connectivity index (χ1) is 10.9. The molecule has 1 fully saturated rings. The number of hydrogen-bond acceptors (Lipinski definition) is 4. The van der Waals surface area contributed by atoms with Crippen LogP contribution in [0.4, 0.5) is 4.79 Å². The van der Waals surface area contributed by atoms with Gasteiger partial charge in [0.05, 0.1) is 19.3 Å². The lowest BCUT2D eigenvalue weighted by Gasteiger charge is -2.35. The summed E-state index contributed by atoms with van der Waals surface area (Å²) < 4.78 is 11.0. The second kappa shape index (κ2) is 5.87. The fourth-order valence-corrected chi connectivity index (χ4v) is 3.44. The first kappa shape index (κ1) is 15.8. The van der Waals surface area contributed by atoms with Crippen molar-refractivity contribution in [2.45, 2.75) is 57.7 Å². The first-order valence-electron chi connectivity index (χ1n) is 8.09. The van der Waals surface area contributed by atoms with Crippen LogP contribution >= 0.6 is 0 Å². The molecule has 1 saturated heterocycles. The third kappa shape index (κ3) is 3.19. The molecule has 0 N–H and O–H groups in total. The number of aromatic nitrogens is 1. The summed E-state index contributed by atoms with van der Waals surface area (Å²) in [6.45, 7) is 5.71. The van der Waals surface area contributed by atoms with E-state index in [4.69, 9.17) is 9.47 Å². The molecule has 0 saturated carbocycles. The van der Waals surface area contributed by atoms with Crippen molar-refractivity contribution < 1.29 is 14.3 Å². The fraction of sp³-hybridized carbons (Fsp3) is 0.556. The van der Waals surface area contributed by atoms with E-state index < -0.39 is 5.60 Å². The van der Waals surface area contributed by atoms with Crippen LogP contribution < -0.4 is 4.74 Å². The molecule has 2 aliphatic rings. The molecule has 5 heteroatoms. The number of nitrogens with zero attached hydrogens (tertiary/aromatic N) is 2. The topological polar surface area (TPSA) is 51.7 Å². The molecule has 3 heterocycles. The Morgan fingerprint density at radius 2 is 2.13 bits per heavy atom. The lowest BCUT2D eigenvalue weighted by molar-refractivity contribution is 0.0175. The summed E-state index contributed by atoms with van der Waals surface area (Å²) in [6.07, 6.45) is 8.32. The van der Waals surface area contributed by atoms with Gasteiger partial charge in [-0.3, -0.25) is 9.88 Å². The van der Waals surface area contributed by atoms with Gasteiger partial charge in [-0.05, 0) is 51.7 Å². The highest BCUT2D eigenvalue weighted by atomic mass is 16.6. The van der Waals surface area contributed by atoms with E-state index in [0.717, 1.165) is 30.6 Å². The number of amides is 1. The van der Waals surface area contributed by atoms with Gasteiger partial charge in [0.2, 0.25) is 0 Å². The predicted octanol–water partition coefficient (Wildman–Crippen LogP) is 3.65. The Morgan fingerprint density at radius 3 is 2.78 bits per heavy atom. The first-order valence-corrected chi connectivity index (χ1v) is 8.09. The molecule has 124 valence electrons. The molecule has 2 bridgehead atoms. The number of carbonyl (C=O) groups is 1. The van der Waals surface area contributed by atoms with Crippen LogP contribution in [0.2, 0.25) is 0 Å². The molecule has 0 unspecified atom stereocenters. The Labute approximate surface area is 137 Å². The number of methoxy groups -OCH3 is 1. The zero-order chi connectivity index (χ0) is 16.6. The molecular weight excluding hydrogens is 292 g/mol. The van der Waals surface area contributed by atoms with Gasteiger partial charge in [0.25, 0.3) is 0 Å². The van der Waals surface area contributed by atoms with Gasteiger partial charge in [0, 0.05) is 17.8 Å². The standard InChI is InChI=1S/C18H24N2O3/c1-18(2,3)23-17(21)20-13-5-6-14(20)10-12(9-13)15-7-8-19-11-16(15)22-4/h7-9,11,13-14H,5-6,10H2,1-4H3/t13-,14+/m1/s1. The van der Waals surface area contributed by atoms with Crippen LogP contribution in [0, 0.1) is 0 Å². The summed E-state index contributed by atoms with van der Waals surface area (Å²) in [4.78, 5) is 18.5. The van der Waals surface area contributed by atoms with Crippen LogP contribution in [0.5, 0.6) is 5.75 Å². The van der Waals surface area contributed by atoms with Crippen molar-refractivity contribution in [2.75, 3.05) is 7.11 Å². The molecule has 5 nitrogen and oxygen atoms in total. The molecule has 23 heavy (non-hydrogen) atoms. The van der Waals surface area contributed by atoms with Crippen molar-refractivity contribution in [2.24, 2.45) is 0 Å². The van der Waals surface area contributed by atoms with Crippen LogP contribution in [0.25, 0.3) is 5.57 Å². The lowest BCUT2D eigenvalue weighted by Crippen LogP contribution is -2.45. The van der Waals surface area contributed by atoms with E-state index in [9.17, 15) is 4.79 Å². The number of pyridine rings is 1. The molecule has 1 amide bonds. The van der Waals surface area contributed by atoms with Gasteiger partial charge in [0.1, 0.15) is 11.4 Å². The smallest absolute Gasteiger partial charge is 0.411 e. The Hall–Kier alpha value is -2.04. The van der Waals surface area contributed by atoms with Crippen molar-refractivity contribution in [3.05, 3.63) is 30.1 Å². The Balaban J connectivity index is 1.85. The average Bonchev–Trinajstić information content (AvgIpc) is 2.76. The van der Waals surface area contributed by atoms with E-state index in [2.05, 4.69) is 11.1 Å². The SMILES string of the molecule is COc1cnccc1C1=C[C@H]2CC[C@@H](C1)N2C(=O)OC(C)(C)C. The van der Waals surface area contributed by atoms with Crippen LogP contribution in [0.3, 0.4) is 0 Å². The van der Waals surface area contributed by atoms with Crippen LogP contribution in [0.1, 0.15) is 45.6 Å². The van der Waals surface area contributed by atoms with Crippen LogP contribution in [-0.4, -0.2) is 40.8 Å². The average molecular weight is 316 g/mol. The summed E-state index contributed by atoms with van der Waals surface area (Å²) in [5.74, 6) is 0.781. The number of fused-ring (bicyclic) bond motifs is 2. The molecule has 2 atom stereocenters. The molecule has 0 radical (unpaired) electrons. The largest absolute Gasteiger partial charge is 0.495 e. The van der Waals surface area contributed by atoms with Gasteiger partial charge >= 0.3 is 6.09 Å². The van der Waals surface area contributed by atoms with Crippen molar-refractivity contribution >= 4 is 11.7 Å². The molecule has 1 aromatic rings. The van der Waals surface area contributed by atoms with Crippen molar-refractivity contribution in [3.8, 4) is 5.75 Å². The summed E-state index contributed by atoms with van der Waals surface area (Å²) in [7, 11) is 1.66. The highest BCUT2D eigenvalue weighted by Crippen LogP contribution is 2.41. The summed E-state index contributed by atoms with van der Waals surface area (Å²) in [5.41, 5.74) is 1.84. The van der Waals surface area contributed by atoms with Crippen molar-refractivity contribution in [1.82, 2.24) is 9.88 Å². The van der Waals surface area contributed by atoms with Gasteiger partial charge in [0.15, 0.2) is 0 Å². The minimum Gasteiger partial charge on any atom is -0.495 e. The number of ether oxygens (including phenoxy) is 2. The second-order valence-electron chi connectivity index (χ2n) is 7.16. The Bertz CT molecular complexity index is 633. The molecule has 0 aliphatic carbocycles. The van der Waals surface area contributed by atoms with E-state index in [1.807, 2.05) is 31.7 Å². The minimum absolute atomic E-state index is 0.108. The van der Waals surface area contributed by atoms with Gasteiger partial charge in [-0.2, -0.15) is 0 Å². The van der Waals surface area contributed by atoms with E-state index in [-0.39, 0.29) is 18.2 Å².